The monoisotopic (exact) mass is 347 g/mol. The summed E-state index contributed by atoms with van der Waals surface area (Å²) in [5.74, 6) is 2.57. The summed E-state index contributed by atoms with van der Waals surface area (Å²) in [6.07, 6.45) is -2.52. The molecule has 1 atom stereocenters. The number of hydrogen-bond acceptors (Lipinski definition) is 4. The van der Waals surface area contributed by atoms with E-state index in [-0.39, 0.29) is 6.04 Å². The van der Waals surface area contributed by atoms with Gasteiger partial charge in [-0.2, -0.15) is 13.2 Å². The number of rotatable bonds is 6. The van der Waals surface area contributed by atoms with Crippen molar-refractivity contribution in [1.82, 2.24) is 25.0 Å². The summed E-state index contributed by atoms with van der Waals surface area (Å²) in [4.78, 5) is 1.50. The van der Waals surface area contributed by atoms with Gasteiger partial charge in [-0.05, 0) is 38.8 Å². The molecule has 1 fully saturated rings. The Balaban J connectivity index is 1.79. The van der Waals surface area contributed by atoms with Crippen LogP contribution in [-0.2, 0) is 13.6 Å². The first kappa shape index (κ1) is 19.2. The highest BCUT2D eigenvalue weighted by atomic mass is 19.4. The molecule has 2 rings (SSSR count). The van der Waals surface area contributed by atoms with E-state index in [9.17, 15) is 13.2 Å². The van der Waals surface area contributed by atoms with Crippen molar-refractivity contribution in [3.63, 3.8) is 0 Å². The Morgan fingerprint density at radius 3 is 2.29 bits per heavy atom. The van der Waals surface area contributed by atoms with Crippen LogP contribution in [0.2, 0.25) is 0 Å². The van der Waals surface area contributed by atoms with Gasteiger partial charge in [0.1, 0.15) is 11.6 Å². The number of halogens is 3. The Morgan fingerprint density at radius 1 is 1.17 bits per heavy atom. The maximum atomic E-state index is 12.4. The van der Waals surface area contributed by atoms with Gasteiger partial charge in [0.25, 0.3) is 0 Å². The van der Waals surface area contributed by atoms with Gasteiger partial charge in [0.2, 0.25) is 0 Å². The molecule has 0 spiro atoms. The fourth-order valence-electron chi connectivity index (χ4n) is 3.32. The zero-order chi connectivity index (χ0) is 17.9. The minimum absolute atomic E-state index is 0.247. The maximum absolute atomic E-state index is 12.4. The molecule has 24 heavy (non-hydrogen) atoms. The van der Waals surface area contributed by atoms with Crippen LogP contribution < -0.4 is 5.32 Å². The summed E-state index contributed by atoms with van der Waals surface area (Å²) in [5.41, 5.74) is 0. The van der Waals surface area contributed by atoms with E-state index >= 15 is 0 Å². The third kappa shape index (κ3) is 5.17. The summed E-state index contributed by atoms with van der Waals surface area (Å²) in [5, 5.41) is 11.9. The number of likely N-dealkylation sites (tertiary alicyclic amines) is 1. The van der Waals surface area contributed by atoms with Crippen LogP contribution in [0.5, 0.6) is 0 Å². The molecular formula is C16H28F3N5. The summed E-state index contributed by atoms with van der Waals surface area (Å²) in [6, 6.07) is 0.247. The standard InChI is InChI=1S/C16H28F3N5/c1-11(2)15-22-21-14(23(15)4)9-20-12(3)13-5-7-24(8-6-13)10-16(17,18)19/h11-13,20H,5-10H2,1-4H3. The lowest BCUT2D eigenvalue weighted by molar-refractivity contribution is -0.148. The van der Waals surface area contributed by atoms with Crippen LogP contribution in [0.4, 0.5) is 13.2 Å². The van der Waals surface area contributed by atoms with E-state index in [4.69, 9.17) is 0 Å². The SMILES string of the molecule is CC(C)c1nnc(CNC(C)C2CCN(CC(F)(F)F)CC2)n1C. The molecule has 1 unspecified atom stereocenters. The Labute approximate surface area is 141 Å². The molecule has 5 nitrogen and oxygen atoms in total. The van der Waals surface area contributed by atoms with Gasteiger partial charge in [-0.15, -0.1) is 10.2 Å². The van der Waals surface area contributed by atoms with Crippen molar-refractivity contribution in [1.29, 1.82) is 0 Å². The van der Waals surface area contributed by atoms with Crippen molar-refractivity contribution < 1.29 is 13.2 Å². The lowest BCUT2D eigenvalue weighted by atomic mass is 9.90. The van der Waals surface area contributed by atoms with Crippen LogP contribution in [0, 0.1) is 5.92 Å². The molecule has 1 aliphatic rings. The maximum Gasteiger partial charge on any atom is 0.401 e. The predicted molar refractivity (Wildman–Crippen MR) is 86.6 cm³/mol. The summed E-state index contributed by atoms with van der Waals surface area (Å²) < 4.78 is 39.3. The van der Waals surface area contributed by atoms with Gasteiger partial charge in [-0.3, -0.25) is 4.90 Å². The minimum Gasteiger partial charge on any atom is -0.317 e. The van der Waals surface area contributed by atoms with E-state index in [0.29, 0.717) is 31.5 Å². The van der Waals surface area contributed by atoms with Gasteiger partial charge in [-0.25, -0.2) is 0 Å². The molecule has 8 heteroatoms. The summed E-state index contributed by atoms with van der Waals surface area (Å²) in [6.45, 7) is 7.12. The Hall–Kier alpha value is -1.15. The molecule has 1 aromatic heterocycles. The topological polar surface area (TPSA) is 46.0 Å². The smallest absolute Gasteiger partial charge is 0.317 e. The molecule has 0 aliphatic carbocycles. The number of aromatic nitrogens is 3. The Bertz CT molecular complexity index is 518. The van der Waals surface area contributed by atoms with Gasteiger partial charge in [0, 0.05) is 19.0 Å². The average Bonchev–Trinajstić information content (AvgIpc) is 2.85. The molecule has 1 N–H and O–H groups in total. The molecule has 1 aromatic rings. The molecular weight excluding hydrogens is 319 g/mol. The molecule has 2 heterocycles. The summed E-state index contributed by atoms with van der Waals surface area (Å²) in [7, 11) is 1.96. The largest absolute Gasteiger partial charge is 0.401 e. The second-order valence-corrected chi connectivity index (χ2v) is 7.09. The number of nitrogens with zero attached hydrogens (tertiary/aromatic N) is 4. The number of piperidine rings is 1. The van der Waals surface area contributed by atoms with Crippen LogP contribution in [-0.4, -0.2) is 51.5 Å². The lowest BCUT2D eigenvalue weighted by Crippen LogP contribution is -2.44. The second-order valence-electron chi connectivity index (χ2n) is 7.09. The third-order valence-corrected chi connectivity index (χ3v) is 4.84. The van der Waals surface area contributed by atoms with Crippen LogP contribution in [0.1, 0.15) is 51.2 Å². The molecule has 1 aliphatic heterocycles. The van der Waals surface area contributed by atoms with Crippen LogP contribution in [0.3, 0.4) is 0 Å². The first-order valence-electron chi connectivity index (χ1n) is 8.58. The fourth-order valence-corrected chi connectivity index (χ4v) is 3.32. The molecule has 138 valence electrons. The van der Waals surface area contributed by atoms with Crippen LogP contribution >= 0.6 is 0 Å². The zero-order valence-electron chi connectivity index (χ0n) is 14.9. The van der Waals surface area contributed by atoms with E-state index in [1.54, 1.807) is 0 Å². The molecule has 0 amide bonds. The highest BCUT2D eigenvalue weighted by molar-refractivity contribution is 4.99. The molecule has 0 radical (unpaired) electrons. The third-order valence-electron chi connectivity index (χ3n) is 4.84. The minimum atomic E-state index is -4.10. The van der Waals surface area contributed by atoms with Crippen molar-refractivity contribution in [2.45, 2.75) is 58.3 Å². The van der Waals surface area contributed by atoms with Gasteiger partial charge >= 0.3 is 6.18 Å². The number of hydrogen-bond donors (Lipinski definition) is 1. The van der Waals surface area contributed by atoms with E-state index in [2.05, 4.69) is 36.3 Å². The molecule has 0 aromatic carbocycles. The fraction of sp³-hybridized carbons (Fsp3) is 0.875. The van der Waals surface area contributed by atoms with Crippen molar-refractivity contribution in [3.05, 3.63) is 11.6 Å². The van der Waals surface area contributed by atoms with Crippen molar-refractivity contribution >= 4 is 0 Å². The Kier molecular flexibility index (Phi) is 6.25. The average molecular weight is 347 g/mol. The second kappa shape index (κ2) is 7.82. The predicted octanol–water partition coefficient (Wildman–Crippen LogP) is 2.69. The van der Waals surface area contributed by atoms with E-state index in [1.807, 2.05) is 11.6 Å². The molecule has 0 bridgehead atoms. The van der Waals surface area contributed by atoms with Gasteiger partial charge in [0.05, 0.1) is 13.1 Å². The normalized spacial score (nSPS) is 19.2. The van der Waals surface area contributed by atoms with Crippen molar-refractivity contribution in [3.8, 4) is 0 Å². The van der Waals surface area contributed by atoms with Crippen molar-refractivity contribution in [2.75, 3.05) is 19.6 Å². The van der Waals surface area contributed by atoms with Gasteiger partial charge < -0.3 is 9.88 Å². The van der Waals surface area contributed by atoms with E-state index < -0.39 is 12.7 Å². The highest BCUT2D eigenvalue weighted by Gasteiger charge is 2.33. The first-order valence-corrected chi connectivity index (χ1v) is 8.58. The van der Waals surface area contributed by atoms with Crippen LogP contribution in [0.25, 0.3) is 0 Å². The zero-order valence-corrected chi connectivity index (χ0v) is 14.9. The molecule has 0 saturated carbocycles. The van der Waals surface area contributed by atoms with Crippen molar-refractivity contribution in [2.24, 2.45) is 13.0 Å². The summed E-state index contributed by atoms with van der Waals surface area (Å²) >= 11 is 0. The van der Waals surface area contributed by atoms with Gasteiger partial charge in [-0.1, -0.05) is 13.8 Å². The number of nitrogens with one attached hydrogen (secondary N) is 1. The molecule has 1 saturated heterocycles. The highest BCUT2D eigenvalue weighted by Crippen LogP contribution is 2.24. The quantitative estimate of drug-likeness (QED) is 0.859. The van der Waals surface area contributed by atoms with E-state index in [1.165, 1.54) is 4.90 Å². The number of alkyl halides is 3. The lowest BCUT2D eigenvalue weighted by Gasteiger charge is -2.35. The van der Waals surface area contributed by atoms with Gasteiger partial charge in [0.15, 0.2) is 0 Å². The van der Waals surface area contributed by atoms with E-state index in [0.717, 1.165) is 24.5 Å². The first-order chi connectivity index (χ1) is 11.2. The van der Waals surface area contributed by atoms with Crippen LogP contribution in [0.15, 0.2) is 0 Å². The Morgan fingerprint density at radius 2 is 1.79 bits per heavy atom.